The summed E-state index contributed by atoms with van der Waals surface area (Å²) >= 11 is 0. The topological polar surface area (TPSA) is 52.6 Å². The first kappa shape index (κ1) is 26.9. The minimum Gasteiger partial charge on any atom is -0.465 e. The van der Waals surface area contributed by atoms with Crippen molar-refractivity contribution in [3.05, 3.63) is 70.8 Å². The molecule has 0 bridgehead atoms. The van der Waals surface area contributed by atoms with Gasteiger partial charge in [0.15, 0.2) is 5.41 Å². The van der Waals surface area contributed by atoms with Gasteiger partial charge in [-0.25, -0.2) is 0 Å². The van der Waals surface area contributed by atoms with Crippen molar-refractivity contribution in [3.63, 3.8) is 0 Å². The van der Waals surface area contributed by atoms with E-state index in [4.69, 9.17) is 9.47 Å². The second-order valence-electron chi connectivity index (χ2n) is 7.71. The second-order valence-corrected chi connectivity index (χ2v) is 7.71. The van der Waals surface area contributed by atoms with Crippen LogP contribution in [-0.2, 0) is 19.1 Å². The molecule has 0 unspecified atom stereocenters. The Labute approximate surface area is 208 Å². The molecule has 0 radical (unpaired) electrons. The zero-order valence-electron chi connectivity index (χ0n) is 20.6. The number of rotatable bonds is 6. The van der Waals surface area contributed by atoms with Crippen LogP contribution in [-0.4, -0.2) is 25.2 Å². The first-order valence-corrected chi connectivity index (χ1v) is 11.4. The normalized spacial score (nSPS) is 9.49. The molecule has 35 heavy (non-hydrogen) atoms. The van der Waals surface area contributed by atoms with Crippen molar-refractivity contribution in [1.82, 2.24) is 0 Å². The highest BCUT2D eigenvalue weighted by molar-refractivity contribution is 6.00. The van der Waals surface area contributed by atoms with Gasteiger partial charge in [-0.15, -0.1) is 0 Å². The molecule has 0 saturated carbocycles. The summed E-state index contributed by atoms with van der Waals surface area (Å²) in [4.78, 5) is 25.8. The number of aryl methyl sites for hydroxylation is 2. The summed E-state index contributed by atoms with van der Waals surface area (Å²) < 4.78 is 10.4. The molecule has 2 aromatic rings. The molecule has 0 amide bonds. The average molecular weight is 465 g/mol. The minimum absolute atomic E-state index is 0.112. The van der Waals surface area contributed by atoms with Crippen LogP contribution >= 0.6 is 0 Å². The van der Waals surface area contributed by atoms with Crippen molar-refractivity contribution >= 4 is 11.9 Å². The summed E-state index contributed by atoms with van der Waals surface area (Å²) in [6, 6.07) is 15.5. The lowest BCUT2D eigenvalue weighted by molar-refractivity contribution is -0.171. The molecule has 0 N–H and O–H groups in total. The highest BCUT2D eigenvalue weighted by Gasteiger charge is 2.48. The van der Waals surface area contributed by atoms with E-state index < -0.39 is 17.4 Å². The number of ether oxygens (including phenoxy) is 2. The monoisotopic (exact) mass is 464 g/mol. The number of esters is 2. The Hall–Kier alpha value is -4.38. The molecule has 0 spiro atoms. The van der Waals surface area contributed by atoms with Gasteiger partial charge in [0.2, 0.25) is 0 Å². The van der Waals surface area contributed by atoms with E-state index in [1.807, 2.05) is 62.4 Å². The van der Waals surface area contributed by atoms with Crippen LogP contribution < -0.4 is 0 Å². The standard InChI is InChI=1S/C31H28O4/c1-5-34-29(32)31(30(33)35-6-2,23-11-7-9-13-27-19-15-25(3)16-20-27)24-12-8-10-14-28-21-17-26(4)18-22-28/h15-22H,5-6,23-24H2,1-4H3. The van der Waals surface area contributed by atoms with Crippen LogP contribution in [0.1, 0.15) is 48.9 Å². The molecule has 2 rings (SSSR count). The third kappa shape index (κ3) is 8.48. The van der Waals surface area contributed by atoms with Gasteiger partial charge in [0.25, 0.3) is 0 Å². The number of benzene rings is 2. The fourth-order valence-corrected chi connectivity index (χ4v) is 2.93. The summed E-state index contributed by atoms with van der Waals surface area (Å²) in [5, 5.41) is 0. The molecule has 0 atom stereocenters. The van der Waals surface area contributed by atoms with Crippen LogP contribution in [0.25, 0.3) is 0 Å². The van der Waals surface area contributed by atoms with Crippen molar-refractivity contribution in [2.24, 2.45) is 5.41 Å². The summed E-state index contributed by atoms with van der Waals surface area (Å²) in [5.74, 6) is 21.1. The molecule has 176 valence electrons. The van der Waals surface area contributed by atoms with Gasteiger partial charge < -0.3 is 9.47 Å². The van der Waals surface area contributed by atoms with Crippen LogP contribution in [0.15, 0.2) is 48.5 Å². The maximum absolute atomic E-state index is 12.9. The van der Waals surface area contributed by atoms with E-state index in [1.165, 1.54) is 0 Å². The number of hydrogen-bond donors (Lipinski definition) is 0. The fraction of sp³-hybridized carbons (Fsp3) is 0.290. The molecule has 0 aromatic heterocycles. The van der Waals surface area contributed by atoms with Gasteiger partial charge in [-0.05, 0) is 75.6 Å². The zero-order chi connectivity index (χ0) is 25.5. The van der Waals surface area contributed by atoms with Crippen molar-refractivity contribution < 1.29 is 19.1 Å². The minimum atomic E-state index is -1.68. The Kier molecular flexibility index (Phi) is 10.8. The van der Waals surface area contributed by atoms with E-state index in [0.29, 0.717) is 0 Å². The summed E-state index contributed by atoms with van der Waals surface area (Å²) in [6.45, 7) is 7.57. The largest absolute Gasteiger partial charge is 0.465 e. The van der Waals surface area contributed by atoms with Crippen molar-refractivity contribution in [2.45, 2.75) is 40.5 Å². The van der Waals surface area contributed by atoms with E-state index in [-0.39, 0.29) is 26.1 Å². The quantitative estimate of drug-likeness (QED) is 0.356. The molecule has 0 saturated heterocycles. The van der Waals surface area contributed by atoms with Crippen LogP contribution in [0, 0.1) is 66.6 Å². The average Bonchev–Trinajstić information content (AvgIpc) is 2.85. The van der Waals surface area contributed by atoms with Crippen molar-refractivity contribution in [1.29, 1.82) is 0 Å². The molecule has 0 fully saturated rings. The van der Waals surface area contributed by atoms with Gasteiger partial charge in [0.05, 0.1) is 13.2 Å². The second kappa shape index (κ2) is 14.0. The number of hydrogen-bond acceptors (Lipinski definition) is 4. The van der Waals surface area contributed by atoms with Crippen molar-refractivity contribution in [2.75, 3.05) is 13.2 Å². The molecule has 0 aliphatic rings. The lowest BCUT2D eigenvalue weighted by Gasteiger charge is -2.25. The molecule has 0 aliphatic heterocycles. The van der Waals surface area contributed by atoms with Crippen molar-refractivity contribution in [3.8, 4) is 47.4 Å². The smallest absolute Gasteiger partial charge is 0.325 e. The lowest BCUT2D eigenvalue weighted by atomic mass is 9.81. The van der Waals surface area contributed by atoms with Crippen LogP contribution in [0.2, 0.25) is 0 Å². The highest BCUT2D eigenvalue weighted by Crippen LogP contribution is 2.30. The molecular weight excluding hydrogens is 436 g/mol. The van der Waals surface area contributed by atoms with Gasteiger partial charge in [0.1, 0.15) is 0 Å². The predicted molar refractivity (Wildman–Crippen MR) is 137 cm³/mol. The lowest BCUT2D eigenvalue weighted by Crippen LogP contribution is -2.41. The van der Waals surface area contributed by atoms with Gasteiger partial charge in [-0.2, -0.15) is 0 Å². The molecule has 0 heterocycles. The summed E-state index contributed by atoms with van der Waals surface area (Å²) in [5.41, 5.74) is 2.25. The van der Waals surface area contributed by atoms with E-state index in [2.05, 4.69) is 47.4 Å². The number of carbonyl (C=O) groups excluding carboxylic acids is 2. The first-order chi connectivity index (χ1) is 16.9. The maximum atomic E-state index is 12.9. The Morgan fingerprint density at radius 2 is 1.03 bits per heavy atom. The summed E-state index contributed by atoms with van der Waals surface area (Å²) in [6.07, 6.45) is -0.263. The van der Waals surface area contributed by atoms with Gasteiger partial charge in [-0.1, -0.05) is 59.1 Å². The van der Waals surface area contributed by atoms with Gasteiger partial charge >= 0.3 is 11.9 Å². The zero-order valence-corrected chi connectivity index (χ0v) is 20.6. The highest BCUT2D eigenvalue weighted by atomic mass is 16.6. The fourth-order valence-electron chi connectivity index (χ4n) is 2.93. The predicted octanol–water partition coefficient (Wildman–Crippen LogP) is 4.61. The molecule has 2 aromatic carbocycles. The summed E-state index contributed by atoms with van der Waals surface area (Å²) in [7, 11) is 0. The Morgan fingerprint density at radius 1 is 0.657 bits per heavy atom. The first-order valence-electron chi connectivity index (χ1n) is 11.4. The molecule has 0 aliphatic carbocycles. The van der Waals surface area contributed by atoms with E-state index >= 15 is 0 Å². The van der Waals surface area contributed by atoms with E-state index in [1.54, 1.807) is 13.8 Å². The Bertz CT molecular complexity index is 1170. The van der Waals surface area contributed by atoms with Gasteiger partial charge in [0, 0.05) is 24.0 Å². The third-order valence-electron chi connectivity index (χ3n) is 4.93. The maximum Gasteiger partial charge on any atom is 0.325 e. The van der Waals surface area contributed by atoms with Crippen LogP contribution in [0.3, 0.4) is 0 Å². The van der Waals surface area contributed by atoms with E-state index in [9.17, 15) is 9.59 Å². The number of carbonyl (C=O) groups is 2. The van der Waals surface area contributed by atoms with E-state index in [0.717, 1.165) is 22.3 Å². The van der Waals surface area contributed by atoms with Gasteiger partial charge in [-0.3, -0.25) is 9.59 Å². The molecule has 4 heteroatoms. The Balaban J connectivity index is 2.28. The van der Waals surface area contributed by atoms with Crippen LogP contribution in [0.5, 0.6) is 0 Å². The Morgan fingerprint density at radius 3 is 1.37 bits per heavy atom. The molecular formula is C31H28O4. The third-order valence-corrected chi connectivity index (χ3v) is 4.93. The SMILES string of the molecule is CCOC(=O)C(CC#CC#Cc1ccc(C)cc1)(CC#CC#Cc1ccc(C)cc1)C(=O)OCC. The van der Waals surface area contributed by atoms with Crippen LogP contribution in [0.4, 0.5) is 0 Å². The molecule has 4 nitrogen and oxygen atoms in total.